The van der Waals surface area contributed by atoms with E-state index in [1.807, 2.05) is 25.1 Å². The van der Waals surface area contributed by atoms with E-state index in [1.165, 1.54) is 0 Å². The molecular weight excluding hydrogens is 268 g/mol. The Bertz CT molecular complexity index is 528. The van der Waals surface area contributed by atoms with Gasteiger partial charge in [-0.3, -0.25) is 9.59 Å². The molecule has 5 nitrogen and oxygen atoms in total. The first-order chi connectivity index (χ1) is 10.2. The molecule has 0 atom stereocenters. The van der Waals surface area contributed by atoms with Gasteiger partial charge in [-0.15, -0.1) is 0 Å². The number of rotatable bonds is 6. The second kappa shape index (κ2) is 7.22. The van der Waals surface area contributed by atoms with Crippen LogP contribution in [0.25, 0.3) is 0 Å². The highest BCUT2D eigenvalue weighted by Gasteiger charge is 2.24. The largest absolute Gasteiger partial charge is 0.383 e. The third-order valence-corrected chi connectivity index (χ3v) is 3.56. The standard InChI is InChI=1S/C16H22N2O3/c1-3-4-15(19)17-13-6-7-14-12(11-13)5-8-16(20)18(14)9-10-21-2/h6-7,11H,3-5,8-10H2,1-2H3,(H,17,19). The fourth-order valence-electron chi connectivity index (χ4n) is 2.52. The molecule has 5 heteroatoms. The molecule has 2 rings (SSSR count). The summed E-state index contributed by atoms with van der Waals surface area (Å²) in [5.41, 5.74) is 2.82. The number of fused-ring (bicyclic) bond motifs is 1. The molecule has 1 aliphatic heterocycles. The normalized spacial score (nSPS) is 14.0. The van der Waals surface area contributed by atoms with E-state index in [0.29, 0.717) is 26.0 Å². The van der Waals surface area contributed by atoms with Crippen molar-refractivity contribution in [2.45, 2.75) is 32.6 Å². The lowest BCUT2D eigenvalue weighted by atomic mass is 10.0. The van der Waals surface area contributed by atoms with E-state index in [4.69, 9.17) is 4.74 Å². The topological polar surface area (TPSA) is 58.6 Å². The van der Waals surface area contributed by atoms with E-state index in [-0.39, 0.29) is 11.8 Å². The van der Waals surface area contributed by atoms with Crippen molar-refractivity contribution in [2.24, 2.45) is 0 Å². The van der Waals surface area contributed by atoms with Crippen LogP contribution in [0.15, 0.2) is 18.2 Å². The summed E-state index contributed by atoms with van der Waals surface area (Å²) in [6, 6.07) is 5.73. The summed E-state index contributed by atoms with van der Waals surface area (Å²) in [6.45, 7) is 3.05. The predicted octanol–water partition coefficient (Wildman–Crippen LogP) is 2.35. The number of aryl methyl sites for hydroxylation is 1. The number of ether oxygens (including phenoxy) is 1. The molecule has 114 valence electrons. The minimum atomic E-state index is 0.0283. The number of benzene rings is 1. The summed E-state index contributed by atoms with van der Waals surface area (Å²) in [5, 5.41) is 2.90. The van der Waals surface area contributed by atoms with Gasteiger partial charge in [0.2, 0.25) is 11.8 Å². The number of amides is 2. The Morgan fingerprint density at radius 3 is 2.90 bits per heavy atom. The molecule has 1 N–H and O–H groups in total. The monoisotopic (exact) mass is 290 g/mol. The Balaban J connectivity index is 2.16. The van der Waals surface area contributed by atoms with Crippen LogP contribution in [0.5, 0.6) is 0 Å². The van der Waals surface area contributed by atoms with E-state index in [1.54, 1.807) is 12.0 Å². The van der Waals surface area contributed by atoms with E-state index in [0.717, 1.165) is 29.8 Å². The van der Waals surface area contributed by atoms with Crippen LogP contribution in [0, 0.1) is 0 Å². The summed E-state index contributed by atoms with van der Waals surface area (Å²) in [4.78, 5) is 25.4. The minimum absolute atomic E-state index is 0.0283. The smallest absolute Gasteiger partial charge is 0.227 e. The molecular formula is C16H22N2O3. The number of carbonyl (C=O) groups excluding carboxylic acids is 2. The van der Waals surface area contributed by atoms with Gasteiger partial charge < -0.3 is 15.0 Å². The average Bonchev–Trinajstić information content (AvgIpc) is 2.46. The van der Waals surface area contributed by atoms with Gasteiger partial charge in [-0.1, -0.05) is 6.92 Å². The second-order valence-electron chi connectivity index (χ2n) is 5.18. The average molecular weight is 290 g/mol. The lowest BCUT2D eigenvalue weighted by Gasteiger charge is -2.29. The Morgan fingerprint density at radius 2 is 2.19 bits per heavy atom. The van der Waals surface area contributed by atoms with Gasteiger partial charge in [0.15, 0.2) is 0 Å². The molecule has 0 spiro atoms. The Labute approximate surface area is 125 Å². The second-order valence-corrected chi connectivity index (χ2v) is 5.18. The van der Waals surface area contributed by atoms with Crippen LogP contribution in [-0.2, 0) is 20.7 Å². The minimum Gasteiger partial charge on any atom is -0.383 e. The van der Waals surface area contributed by atoms with Gasteiger partial charge in [-0.05, 0) is 36.6 Å². The van der Waals surface area contributed by atoms with Crippen LogP contribution in [0.3, 0.4) is 0 Å². The zero-order valence-corrected chi connectivity index (χ0v) is 12.6. The van der Waals surface area contributed by atoms with Crippen LogP contribution in [0.2, 0.25) is 0 Å². The summed E-state index contributed by atoms with van der Waals surface area (Å²) >= 11 is 0. The predicted molar refractivity (Wildman–Crippen MR) is 82.5 cm³/mol. The molecule has 0 bridgehead atoms. The first kappa shape index (κ1) is 15.5. The Morgan fingerprint density at radius 1 is 1.38 bits per heavy atom. The molecule has 0 saturated carbocycles. The molecule has 0 saturated heterocycles. The fraction of sp³-hybridized carbons (Fsp3) is 0.500. The van der Waals surface area contributed by atoms with Crippen molar-refractivity contribution in [1.29, 1.82) is 0 Å². The first-order valence-corrected chi connectivity index (χ1v) is 7.37. The molecule has 0 aliphatic carbocycles. The molecule has 1 aliphatic rings. The van der Waals surface area contributed by atoms with Gasteiger partial charge in [0.05, 0.1) is 6.61 Å². The number of carbonyl (C=O) groups is 2. The van der Waals surface area contributed by atoms with Gasteiger partial charge in [0.1, 0.15) is 0 Å². The Kier molecular flexibility index (Phi) is 5.33. The lowest BCUT2D eigenvalue weighted by Crippen LogP contribution is -2.37. The third kappa shape index (κ3) is 3.82. The SMILES string of the molecule is CCCC(=O)Nc1ccc2c(c1)CCC(=O)N2CCOC. The van der Waals surface area contributed by atoms with Gasteiger partial charge >= 0.3 is 0 Å². The number of hydrogen-bond donors (Lipinski definition) is 1. The van der Waals surface area contributed by atoms with Crippen molar-refractivity contribution >= 4 is 23.2 Å². The first-order valence-electron chi connectivity index (χ1n) is 7.37. The van der Waals surface area contributed by atoms with Crippen LogP contribution < -0.4 is 10.2 Å². The van der Waals surface area contributed by atoms with Crippen molar-refractivity contribution in [3.05, 3.63) is 23.8 Å². The summed E-state index contributed by atoms with van der Waals surface area (Å²) in [7, 11) is 1.63. The van der Waals surface area contributed by atoms with Crippen LogP contribution in [-0.4, -0.2) is 32.1 Å². The van der Waals surface area contributed by atoms with Crippen LogP contribution in [0.1, 0.15) is 31.7 Å². The summed E-state index contributed by atoms with van der Waals surface area (Å²) in [6.07, 6.45) is 2.57. The molecule has 21 heavy (non-hydrogen) atoms. The van der Waals surface area contributed by atoms with Gasteiger partial charge in [0, 0.05) is 37.9 Å². The van der Waals surface area contributed by atoms with Crippen molar-refractivity contribution in [3.63, 3.8) is 0 Å². The number of nitrogens with zero attached hydrogens (tertiary/aromatic N) is 1. The molecule has 0 radical (unpaired) electrons. The Hall–Kier alpha value is -1.88. The number of methoxy groups -OCH3 is 1. The van der Waals surface area contributed by atoms with Gasteiger partial charge in [-0.2, -0.15) is 0 Å². The highest BCUT2D eigenvalue weighted by molar-refractivity contribution is 5.97. The maximum absolute atomic E-state index is 12.0. The number of nitrogens with one attached hydrogen (secondary N) is 1. The van der Waals surface area contributed by atoms with Crippen LogP contribution >= 0.6 is 0 Å². The van der Waals surface area contributed by atoms with Crippen LogP contribution in [0.4, 0.5) is 11.4 Å². The third-order valence-electron chi connectivity index (χ3n) is 3.56. The van der Waals surface area contributed by atoms with Crippen molar-refractivity contribution in [1.82, 2.24) is 0 Å². The maximum atomic E-state index is 12.0. The molecule has 0 fully saturated rings. The highest BCUT2D eigenvalue weighted by atomic mass is 16.5. The zero-order chi connectivity index (χ0) is 15.2. The lowest BCUT2D eigenvalue weighted by molar-refractivity contribution is -0.119. The molecule has 0 unspecified atom stereocenters. The summed E-state index contributed by atoms with van der Waals surface area (Å²) in [5.74, 6) is 0.155. The fourth-order valence-corrected chi connectivity index (χ4v) is 2.52. The van der Waals surface area contributed by atoms with Crippen molar-refractivity contribution in [2.75, 3.05) is 30.5 Å². The quantitative estimate of drug-likeness (QED) is 0.875. The van der Waals surface area contributed by atoms with Crippen molar-refractivity contribution in [3.8, 4) is 0 Å². The zero-order valence-electron chi connectivity index (χ0n) is 12.6. The molecule has 1 aromatic rings. The van der Waals surface area contributed by atoms with Gasteiger partial charge in [-0.25, -0.2) is 0 Å². The van der Waals surface area contributed by atoms with E-state index in [9.17, 15) is 9.59 Å². The van der Waals surface area contributed by atoms with E-state index in [2.05, 4.69) is 5.32 Å². The van der Waals surface area contributed by atoms with Crippen molar-refractivity contribution < 1.29 is 14.3 Å². The van der Waals surface area contributed by atoms with E-state index < -0.39 is 0 Å². The summed E-state index contributed by atoms with van der Waals surface area (Å²) < 4.78 is 5.06. The molecule has 1 heterocycles. The molecule has 2 amide bonds. The van der Waals surface area contributed by atoms with Gasteiger partial charge in [0.25, 0.3) is 0 Å². The number of hydrogen-bond acceptors (Lipinski definition) is 3. The molecule has 1 aromatic carbocycles. The highest BCUT2D eigenvalue weighted by Crippen LogP contribution is 2.30. The van der Waals surface area contributed by atoms with E-state index >= 15 is 0 Å². The maximum Gasteiger partial charge on any atom is 0.227 e. The molecule has 0 aromatic heterocycles. The number of anilines is 2.